The zero-order chi connectivity index (χ0) is 51.1. The zero-order valence-corrected chi connectivity index (χ0v) is 43.0. The molecule has 384 valence electrons. The summed E-state index contributed by atoms with van der Waals surface area (Å²) in [6.45, 7) is 23.6. The molecule has 2 aromatic carbocycles. The number of nitrogens with one attached hydrogen (secondary N) is 2. The highest BCUT2D eigenvalue weighted by atomic mass is 16.7. The fourth-order valence-electron chi connectivity index (χ4n) is 10.9. The lowest BCUT2D eigenvalue weighted by atomic mass is 9.78. The van der Waals surface area contributed by atoms with Gasteiger partial charge in [0.1, 0.15) is 34.0 Å². The Kier molecular flexibility index (Phi) is 15.8. The van der Waals surface area contributed by atoms with Gasteiger partial charge in [0, 0.05) is 112 Å². The number of ether oxygens (including phenoxy) is 4. The minimum Gasteiger partial charge on any atom is -0.507 e. The molecule has 1 spiro atoms. The Morgan fingerprint density at radius 1 is 0.929 bits per heavy atom. The van der Waals surface area contributed by atoms with Gasteiger partial charge in [-0.3, -0.25) is 14.6 Å². The molecule has 9 atom stereocenters. The third-order valence-electron chi connectivity index (χ3n) is 15.2. The molecule has 0 aromatic heterocycles. The topological polar surface area (TPSA) is 224 Å². The number of Topliss-reactive ketones (excluding diaryl/α,β-unsaturated/α-hetero) is 1. The number of nitrogens with zero attached hydrogens (tertiary/aromatic N) is 4. The smallest absolute Gasteiger partial charge is 0.410 e. The summed E-state index contributed by atoms with van der Waals surface area (Å²) in [7, 11) is 1.50. The van der Waals surface area contributed by atoms with Crippen LogP contribution in [0.15, 0.2) is 46.1 Å². The molecule has 70 heavy (non-hydrogen) atoms. The number of allylic oxidation sites excluding steroid dienone is 2. The van der Waals surface area contributed by atoms with Crippen LogP contribution in [0.4, 0.5) is 10.5 Å². The summed E-state index contributed by atoms with van der Waals surface area (Å²) in [5.41, 5.74) is -0.118. The Bertz CT molecular complexity index is 2540. The van der Waals surface area contributed by atoms with Crippen LogP contribution in [-0.4, -0.2) is 136 Å². The first kappa shape index (κ1) is 52.7. The summed E-state index contributed by atoms with van der Waals surface area (Å²) < 4.78 is 24.9. The molecule has 2 aromatic rings. The summed E-state index contributed by atoms with van der Waals surface area (Å²) in [6.07, 6.45) is 6.03. The molecule has 6 aliphatic heterocycles. The molecule has 0 unspecified atom stereocenters. The van der Waals surface area contributed by atoms with Gasteiger partial charge in [-0.25, -0.2) is 9.79 Å². The molecule has 2 amide bonds. The van der Waals surface area contributed by atoms with E-state index in [9.17, 15) is 34.8 Å². The van der Waals surface area contributed by atoms with Crippen LogP contribution < -0.4 is 26.1 Å². The lowest BCUT2D eigenvalue weighted by Crippen LogP contribution is -2.50. The molecule has 0 aliphatic carbocycles. The number of amides is 2. The van der Waals surface area contributed by atoms with E-state index in [1.807, 2.05) is 6.92 Å². The van der Waals surface area contributed by atoms with Gasteiger partial charge in [-0.2, -0.15) is 0 Å². The van der Waals surface area contributed by atoms with Crippen LogP contribution in [0.25, 0.3) is 10.8 Å². The third kappa shape index (κ3) is 10.3. The number of phenolic OH excluding ortho intramolecular Hbond substituents is 2. The maximum absolute atomic E-state index is 14.9. The van der Waals surface area contributed by atoms with E-state index in [2.05, 4.69) is 48.2 Å². The van der Waals surface area contributed by atoms with E-state index < -0.39 is 83.1 Å². The number of methoxy groups -OCH3 is 1. The number of piperidine rings is 2. The molecule has 6 heterocycles. The van der Waals surface area contributed by atoms with E-state index in [1.54, 1.807) is 63.8 Å². The number of aliphatic hydroxyl groups is 2. The van der Waals surface area contributed by atoms with Gasteiger partial charge in [0.25, 0.3) is 11.7 Å². The van der Waals surface area contributed by atoms with Crippen molar-refractivity contribution in [2.45, 2.75) is 150 Å². The molecule has 0 radical (unpaired) electrons. The van der Waals surface area contributed by atoms with Crippen molar-refractivity contribution < 1.29 is 53.8 Å². The first-order valence-corrected chi connectivity index (χ1v) is 25.1. The Morgan fingerprint density at radius 2 is 1.60 bits per heavy atom. The van der Waals surface area contributed by atoms with E-state index >= 15 is 0 Å². The highest BCUT2D eigenvalue weighted by Crippen LogP contribution is 2.51. The van der Waals surface area contributed by atoms with Crippen LogP contribution in [0, 0.1) is 36.5 Å². The standard InChI is InChI=1S/C53H76N6O11/c1-27(2)26-58-23-19-53(20-24-58)56-40-37-38-45(62)34(10)48-39(37)49(64)52(11,70-48)68-25-18-36(67-12)31(7)47(69-51(66)59-21-16-35(17-22-59)54-28(3)4)33(9)44(61)32(8)43(60)29(5)14-13-15-30(6)50(65)55-42(46(38)63)41(40)57-53/h13-15,18,25,27-29,31-33,35-36,43-44,47,54,56,60-63H,16-17,19-24,26H2,1-12H3/b14-13+,25-18+,30-15-,55-42?/t29-,31+,32+,33+,36-,43-,44+,47+,52-/m0/s1. The van der Waals surface area contributed by atoms with Crippen molar-refractivity contribution >= 4 is 34.2 Å². The van der Waals surface area contributed by atoms with Crippen LogP contribution in [0.3, 0.4) is 0 Å². The number of anilines is 1. The van der Waals surface area contributed by atoms with Gasteiger partial charge in [0.15, 0.2) is 5.75 Å². The van der Waals surface area contributed by atoms with Gasteiger partial charge in [-0.15, -0.1) is 0 Å². The Balaban J connectivity index is 1.32. The van der Waals surface area contributed by atoms with Crippen molar-refractivity contribution in [3.63, 3.8) is 0 Å². The lowest BCUT2D eigenvalue weighted by Gasteiger charge is -2.40. The fraction of sp³-hybridized carbons (Fsp3) is 0.642. The van der Waals surface area contributed by atoms with Crippen LogP contribution in [0.1, 0.15) is 111 Å². The molecule has 6 N–H and O–H groups in total. The predicted molar refractivity (Wildman–Crippen MR) is 265 cm³/mol. The molecule has 8 rings (SSSR count). The molecule has 2 saturated heterocycles. The number of ketones is 1. The number of phenols is 2. The van der Waals surface area contributed by atoms with Crippen LogP contribution in [0.2, 0.25) is 0 Å². The maximum Gasteiger partial charge on any atom is 0.410 e. The van der Waals surface area contributed by atoms with Crippen molar-refractivity contribution in [2.24, 2.45) is 39.6 Å². The van der Waals surface area contributed by atoms with Gasteiger partial charge in [-0.1, -0.05) is 73.6 Å². The summed E-state index contributed by atoms with van der Waals surface area (Å²) in [4.78, 5) is 56.6. The van der Waals surface area contributed by atoms with Gasteiger partial charge in [0.2, 0.25) is 0 Å². The highest BCUT2D eigenvalue weighted by molar-refractivity contribution is 6.21. The van der Waals surface area contributed by atoms with Gasteiger partial charge in [0.05, 0.1) is 41.2 Å². The zero-order valence-electron chi connectivity index (χ0n) is 43.0. The SMILES string of the molecule is CO[C@H]1/C=C/O[C@@]2(C)Oc3c(C)c(O)c4c(O)c(c5c(c4c3C2=O)NC2(CCN(CC(C)C)CC2)N=5)=NC(=O)/C(C)=C\C=C\[C@H](C)[C@H](O)[C@@H](C)[C@@H](O)[C@@H](C)[C@H](OC(=O)N2CCC(NC(C)C)CC2)[C@@H]1C. The molecule has 17 nitrogen and oxygen atoms in total. The Hall–Kier alpha value is -5.07. The van der Waals surface area contributed by atoms with Gasteiger partial charge in [-0.05, 0) is 38.7 Å². The largest absolute Gasteiger partial charge is 0.507 e. The summed E-state index contributed by atoms with van der Waals surface area (Å²) in [5, 5.41) is 55.0. The number of likely N-dealkylation sites (tertiary alicyclic amines) is 2. The number of aliphatic hydroxyl groups excluding tert-OH is 2. The fourth-order valence-corrected chi connectivity index (χ4v) is 10.9. The van der Waals surface area contributed by atoms with Gasteiger partial charge < -0.3 is 59.8 Å². The third-order valence-corrected chi connectivity index (χ3v) is 15.2. The number of hydrogen-bond acceptors (Lipinski definition) is 15. The van der Waals surface area contributed by atoms with Crippen molar-refractivity contribution in [2.75, 3.05) is 45.2 Å². The van der Waals surface area contributed by atoms with E-state index in [4.69, 9.17) is 23.9 Å². The second kappa shape index (κ2) is 21.0. The van der Waals surface area contributed by atoms with Crippen molar-refractivity contribution in [1.29, 1.82) is 0 Å². The van der Waals surface area contributed by atoms with Crippen molar-refractivity contribution in [3.05, 3.63) is 58.0 Å². The van der Waals surface area contributed by atoms with Crippen molar-refractivity contribution in [1.82, 2.24) is 15.1 Å². The van der Waals surface area contributed by atoms with E-state index in [0.29, 0.717) is 43.6 Å². The average molecular weight is 973 g/mol. The summed E-state index contributed by atoms with van der Waals surface area (Å²) >= 11 is 0. The lowest BCUT2D eigenvalue weighted by molar-refractivity contribution is -0.114. The molecule has 17 heteroatoms. The summed E-state index contributed by atoms with van der Waals surface area (Å²) in [5.74, 6) is -6.15. The molecule has 5 bridgehead atoms. The first-order valence-electron chi connectivity index (χ1n) is 25.1. The van der Waals surface area contributed by atoms with E-state index in [1.165, 1.54) is 20.3 Å². The summed E-state index contributed by atoms with van der Waals surface area (Å²) in [6, 6.07) is 0.580. The normalized spacial score (nSPS) is 31.7. The molecule has 0 saturated carbocycles. The van der Waals surface area contributed by atoms with E-state index in [-0.39, 0.29) is 55.7 Å². The minimum absolute atomic E-state index is 0.0548. The number of carbonyl (C=O) groups excluding carboxylic acids is 3. The van der Waals surface area contributed by atoms with E-state index in [0.717, 1.165) is 32.5 Å². The molecule has 2 fully saturated rings. The maximum atomic E-state index is 14.9. The van der Waals surface area contributed by atoms with Crippen LogP contribution in [-0.2, 0) is 19.0 Å². The average Bonchev–Trinajstić information content (AvgIpc) is 3.82. The number of aromatic hydroxyl groups is 2. The van der Waals surface area contributed by atoms with Crippen molar-refractivity contribution in [3.8, 4) is 17.2 Å². The number of hydrogen-bond donors (Lipinski definition) is 6. The Labute approximate surface area is 411 Å². The molecular formula is C53H76N6O11. The first-order chi connectivity index (χ1) is 33.0. The number of carbonyl (C=O) groups is 3. The minimum atomic E-state index is -1.97. The number of fused-ring (bicyclic) bond motifs is 13. The highest BCUT2D eigenvalue weighted by Gasteiger charge is 2.51. The molecule has 6 aliphatic rings. The number of rotatable bonds is 6. The second-order valence-electron chi connectivity index (χ2n) is 21.3. The van der Waals surface area contributed by atoms with Gasteiger partial charge >= 0.3 is 11.9 Å². The molecular weight excluding hydrogens is 897 g/mol. The van der Waals surface area contributed by atoms with Crippen LogP contribution >= 0.6 is 0 Å². The monoisotopic (exact) mass is 973 g/mol. The number of benzene rings is 2. The second-order valence-corrected chi connectivity index (χ2v) is 21.3. The quantitative estimate of drug-likeness (QED) is 0.189. The predicted octanol–water partition coefficient (Wildman–Crippen LogP) is 5.79. The van der Waals surface area contributed by atoms with Crippen LogP contribution in [0.5, 0.6) is 17.2 Å². The Morgan fingerprint density at radius 3 is 2.23 bits per heavy atom.